The van der Waals surface area contributed by atoms with Crippen LogP contribution in [0.2, 0.25) is 0 Å². The third kappa shape index (κ3) is 3.51. The molecule has 2 aromatic heterocycles. The SMILES string of the molecule is COc1c(C)c[n+](-c2nc3cc4c(cc3[nH]2)OCO4)c(CCCC(S)S)c1C. The van der Waals surface area contributed by atoms with E-state index < -0.39 is 0 Å². The summed E-state index contributed by atoms with van der Waals surface area (Å²) in [5, 5.41) is 0. The summed E-state index contributed by atoms with van der Waals surface area (Å²) in [7, 11) is 1.71. The van der Waals surface area contributed by atoms with E-state index in [1.807, 2.05) is 19.1 Å². The number of aromatic nitrogens is 3. The zero-order valence-corrected chi connectivity index (χ0v) is 17.9. The van der Waals surface area contributed by atoms with Gasteiger partial charge in [0.1, 0.15) is 11.3 Å². The van der Waals surface area contributed by atoms with E-state index in [0.717, 1.165) is 70.3 Å². The van der Waals surface area contributed by atoms with Crippen LogP contribution in [0.15, 0.2) is 18.3 Å². The van der Waals surface area contributed by atoms with E-state index in [0.29, 0.717) is 0 Å². The molecule has 0 bridgehead atoms. The fraction of sp³-hybridized carbons (Fsp3) is 0.400. The average molecular weight is 419 g/mol. The number of H-pyrrole nitrogens is 1. The van der Waals surface area contributed by atoms with Gasteiger partial charge in [-0.3, -0.25) is 0 Å². The number of pyridine rings is 1. The lowest BCUT2D eigenvalue weighted by Gasteiger charge is -2.15. The second kappa shape index (κ2) is 7.75. The fourth-order valence-electron chi connectivity index (χ4n) is 3.70. The van der Waals surface area contributed by atoms with Crippen molar-refractivity contribution in [2.75, 3.05) is 13.9 Å². The Labute approximate surface area is 175 Å². The lowest BCUT2D eigenvalue weighted by atomic mass is 10.1. The Kier molecular flexibility index (Phi) is 5.33. The Bertz CT molecular complexity index is 992. The second-order valence-corrected chi connectivity index (χ2v) is 8.60. The van der Waals surface area contributed by atoms with Gasteiger partial charge in [0.05, 0.1) is 19.0 Å². The summed E-state index contributed by atoms with van der Waals surface area (Å²) in [5.41, 5.74) is 5.08. The van der Waals surface area contributed by atoms with Crippen LogP contribution in [-0.2, 0) is 6.42 Å². The molecule has 1 N–H and O–H groups in total. The zero-order valence-electron chi connectivity index (χ0n) is 16.2. The molecule has 1 aliphatic heterocycles. The quantitative estimate of drug-likeness (QED) is 0.325. The van der Waals surface area contributed by atoms with E-state index >= 15 is 0 Å². The van der Waals surface area contributed by atoms with Crippen LogP contribution in [0.1, 0.15) is 29.7 Å². The number of hydrogen-bond donors (Lipinski definition) is 3. The van der Waals surface area contributed by atoms with E-state index in [9.17, 15) is 0 Å². The number of ether oxygens (including phenoxy) is 3. The molecule has 1 aromatic carbocycles. The molecule has 0 fully saturated rings. The van der Waals surface area contributed by atoms with Crippen LogP contribution in [0, 0.1) is 13.8 Å². The highest BCUT2D eigenvalue weighted by Gasteiger charge is 2.24. The first-order valence-electron chi connectivity index (χ1n) is 9.22. The van der Waals surface area contributed by atoms with Gasteiger partial charge < -0.3 is 14.2 Å². The number of aromatic amines is 1. The van der Waals surface area contributed by atoms with Gasteiger partial charge in [-0.05, 0) is 26.7 Å². The number of nitrogens with one attached hydrogen (secondary N) is 1. The minimum absolute atomic E-state index is 0.0784. The molecule has 0 radical (unpaired) electrons. The molecule has 0 unspecified atom stereocenters. The zero-order chi connectivity index (χ0) is 19.8. The standard InChI is InChI=1S/C20H23N3O3S2/c1-11-9-23(15(5-4-6-18(27)28)12(2)19(11)24-3)20-21-13-7-16-17(26-10-25-16)8-14(13)22-20/h7-9,18H,4-6,10H2,1-3H3,(H2-,21,22,27,28)/p+1. The maximum absolute atomic E-state index is 5.64. The predicted molar refractivity (Wildman–Crippen MR) is 114 cm³/mol. The van der Waals surface area contributed by atoms with Crippen molar-refractivity contribution in [3.63, 3.8) is 0 Å². The highest BCUT2D eigenvalue weighted by Crippen LogP contribution is 2.35. The van der Waals surface area contributed by atoms with Gasteiger partial charge in [-0.25, -0.2) is 9.55 Å². The van der Waals surface area contributed by atoms with E-state index in [-0.39, 0.29) is 11.4 Å². The normalized spacial score (nSPS) is 12.9. The average Bonchev–Trinajstić information content (AvgIpc) is 3.26. The molecule has 0 aliphatic carbocycles. The van der Waals surface area contributed by atoms with Gasteiger partial charge in [0.25, 0.3) is 0 Å². The molecule has 0 atom stereocenters. The summed E-state index contributed by atoms with van der Waals surface area (Å²) in [6.45, 7) is 4.39. The number of thiol groups is 2. The van der Waals surface area contributed by atoms with E-state index in [4.69, 9.17) is 19.2 Å². The van der Waals surface area contributed by atoms with Crippen molar-refractivity contribution < 1.29 is 18.8 Å². The summed E-state index contributed by atoms with van der Waals surface area (Å²) >= 11 is 8.76. The number of hydrogen-bond acceptors (Lipinski definition) is 6. The van der Waals surface area contributed by atoms with Crippen molar-refractivity contribution in [2.24, 2.45) is 0 Å². The first kappa shape index (κ1) is 19.3. The number of benzene rings is 1. The number of fused-ring (bicyclic) bond motifs is 2. The van der Waals surface area contributed by atoms with E-state index in [1.165, 1.54) is 0 Å². The highest BCUT2D eigenvalue weighted by molar-refractivity contribution is 7.99. The first-order chi connectivity index (χ1) is 13.5. The number of methoxy groups -OCH3 is 1. The van der Waals surface area contributed by atoms with Gasteiger partial charge in [-0.2, -0.15) is 25.3 Å². The highest BCUT2D eigenvalue weighted by atomic mass is 32.2. The van der Waals surface area contributed by atoms with Crippen LogP contribution in [0.3, 0.4) is 0 Å². The second-order valence-electron chi connectivity index (χ2n) is 6.94. The minimum atomic E-state index is 0.0784. The van der Waals surface area contributed by atoms with Gasteiger partial charge in [0.2, 0.25) is 6.79 Å². The summed E-state index contributed by atoms with van der Waals surface area (Å²) < 4.78 is 18.8. The van der Waals surface area contributed by atoms with Gasteiger partial charge in [0, 0.05) is 34.3 Å². The van der Waals surface area contributed by atoms with Crippen molar-refractivity contribution in [1.29, 1.82) is 0 Å². The molecule has 3 heterocycles. The number of rotatable bonds is 6. The van der Waals surface area contributed by atoms with Gasteiger partial charge in [0.15, 0.2) is 17.0 Å². The first-order valence-corrected chi connectivity index (χ1v) is 10.3. The summed E-state index contributed by atoms with van der Waals surface area (Å²) in [6.07, 6.45) is 4.84. The molecule has 0 saturated heterocycles. The molecule has 0 saturated carbocycles. The summed E-state index contributed by atoms with van der Waals surface area (Å²) in [4.78, 5) is 8.22. The van der Waals surface area contributed by atoms with Crippen molar-refractivity contribution in [3.05, 3.63) is 35.2 Å². The smallest absolute Gasteiger partial charge is 0.402 e. The number of imidazole rings is 1. The number of nitrogens with zero attached hydrogens (tertiary/aromatic N) is 2. The summed E-state index contributed by atoms with van der Waals surface area (Å²) in [5.74, 6) is 3.14. The molecule has 28 heavy (non-hydrogen) atoms. The van der Waals surface area contributed by atoms with Crippen LogP contribution < -0.4 is 18.8 Å². The summed E-state index contributed by atoms with van der Waals surface area (Å²) in [6, 6.07) is 3.84. The van der Waals surface area contributed by atoms with Crippen LogP contribution in [-0.4, -0.2) is 28.5 Å². The van der Waals surface area contributed by atoms with E-state index in [2.05, 4.69) is 47.9 Å². The monoisotopic (exact) mass is 418 g/mol. The molecule has 1 aliphatic rings. The maximum atomic E-state index is 5.64. The Morgan fingerprint density at radius 1 is 1.25 bits per heavy atom. The van der Waals surface area contributed by atoms with Crippen LogP contribution in [0.25, 0.3) is 17.0 Å². The Hall–Kier alpha value is -2.06. The molecule has 8 heteroatoms. The van der Waals surface area contributed by atoms with Gasteiger partial charge in [-0.1, -0.05) is 4.98 Å². The topological polar surface area (TPSA) is 60.2 Å². The lowest BCUT2D eigenvalue weighted by Crippen LogP contribution is -2.38. The molecular weight excluding hydrogens is 394 g/mol. The molecule has 0 spiro atoms. The van der Waals surface area contributed by atoms with Gasteiger partial charge >= 0.3 is 5.95 Å². The Balaban J connectivity index is 1.80. The maximum Gasteiger partial charge on any atom is 0.402 e. The van der Waals surface area contributed by atoms with Crippen LogP contribution in [0.5, 0.6) is 17.2 Å². The lowest BCUT2D eigenvalue weighted by molar-refractivity contribution is -0.612. The molecule has 148 valence electrons. The fourth-order valence-corrected chi connectivity index (χ4v) is 4.07. The van der Waals surface area contributed by atoms with E-state index in [1.54, 1.807) is 7.11 Å². The predicted octanol–water partition coefficient (Wildman–Crippen LogP) is 3.70. The largest absolute Gasteiger partial charge is 0.496 e. The van der Waals surface area contributed by atoms with Crippen molar-refractivity contribution >= 4 is 36.3 Å². The molecular formula is C20H24N3O3S2+. The van der Waals surface area contributed by atoms with Gasteiger partial charge in [-0.15, -0.1) is 0 Å². The van der Waals surface area contributed by atoms with Crippen LogP contribution >= 0.6 is 25.3 Å². The van der Waals surface area contributed by atoms with Crippen LogP contribution in [0.4, 0.5) is 0 Å². The molecule has 3 aromatic rings. The third-order valence-corrected chi connectivity index (χ3v) is 5.53. The Morgan fingerprint density at radius 2 is 2.00 bits per heavy atom. The van der Waals surface area contributed by atoms with Crippen molar-refractivity contribution in [2.45, 2.75) is 37.7 Å². The van der Waals surface area contributed by atoms with Crippen molar-refractivity contribution in [3.8, 4) is 23.2 Å². The molecule has 6 nitrogen and oxygen atoms in total. The third-order valence-electron chi connectivity index (χ3n) is 5.02. The molecule has 4 rings (SSSR count). The minimum Gasteiger partial charge on any atom is -0.496 e. The van der Waals surface area contributed by atoms with Crippen molar-refractivity contribution in [1.82, 2.24) is 9.97 Å². The Morgan fingerprint density at radius 3 is 2.71 bits per heavy atom. The molecule has 0 amide bonds. The number of aryl methyl sites for hydroxylation is 1.